The Labute approximate surface area is 194 Å². The number of hydrogen-bond donors (Lipinski definition) is 1. The van der Waals surface area contributed by atoms with Gasteiger partial charge in [-0.2, -0.15) is 0 Å². The Morgan fingerprint density at radius 3 is 1.72 bits per heavy atom. The van der Waals surface area contributed by atoms with Crippen LogP contribution in [0.25, 0.3) is 11.1 Å². The smallest absolute Gasteiger partial charge is 0.230 e. The zero-order chi connectivity index (χ0) is 22.6. The van der Waals surface area contributed by atoms with E-state index in [-0.39, 0.29) is 17.7 Å². The molecule has 3 nitrogen and oxygen atoms in total. The van der Waals surface area contributed by atoms with Crippen molar-refractivity contribution in [2.45, 2.75) is 90.4 Å². The van der Waals surface area contributed by atoms with Crippen LogP contribution in [0.2, 0.25) is 0 Å². The molecule has 0 radical (unpaired) electrons. The number of carbonyl (C=O) groups excluding carboxylic acids is 2. The molecule has 2 aromatic rings. The molecular weight excluding hydrogens is 394 g/mol. The quantitative estimate of drug-likeness (QED) is 0.256. The van der Waals surface area contributed by atoms with E-state index in [9.17, 15) is 9.59 Å². The second kappa shape index (κ2) is 13.2. The number of rotatable bonds is 11. The average molecular weight is 434 g/mol. The van der Waals surface area contributed by atoms with E-state index in [1.807, 2.05) is 0 Å². The molecule has 0 spiro atoms. The van der Waals surface area contributed by atoms with Crippen molar-refractivity contribution in [1.82, 2.24) is 5.32 Å². The molecule has 4 rings (SSSR count). The first-order valence-electron chi connectivity index (χ1n) is 12.7. The van der Waals surface area contributed by atoms with E-state index in [2.05, 4.69) is 60.8 Å². The first-order valence-corrected chi connectivity index (χ1v) is 12.7. The minimum absolute atomic E-state index is 0.0402. The summed E-state index contributed by atoms with van der Waals surface area (Å²) < 4.78 is 0. The first kappa shape index (κ1) is 24.2. The summed E-state index contributed by atoms with van der Waals surface area (Å²) in [5, 5.41) is 2.37. The Kier molecular flexibility index (Phi) is 9.99. The highest BCUT2D eigenvalue weighted by Gasteiger charge is 2.29. The van der Waals surface area contributed by atoms with Crippen LogP contribution in [0.4, 0.5) is 0 Å². The van der Waals surface area contributed by atoms with E-state index in [1.54, 1.807) is 0 Å². The van der Waals surface area contributed by atoms with Gasteiger partial charge in [-0.3, -0.25) is 14.9 Å². The summed E-state index contributed by atoms with van der Waals surface area (Å²) in [7, 11) is 0. The van der Waals surface area contributed by atoms with E-state index in [1.165, 1.54) is 80.0 Å². The molecule has 1 aliphatic heterocycles. The molecule has 0 bridgehead atoms. The van der Waals surface area contributed by atoms with Crippen LogP contribution in [0.5, 0.6) is 0 Å². The Bertz CT molecular complexity index is 829. The number of benzene rings is 2. The lowest BCUT2D eigenvalue weighted by Gasteiger charge is -2.05. The Hall–Kier alpha value is -2.42. The van der Waals surface area contributed by atoms with Gasteiger partial charge in [0, 0.05) is 12.3 Å². The maximum absolute atomic E-state index is 11.3. The van der Waals surface area contributed by atoms with Crippen LogP contribution in [0.3, 0.4) is 0 Å². The fourth-order valence-corrected chi connectivity index (χ4v) is 4.80. The molecule has 1 fully saturated rings. The topological polar surface area (TPSA) is 46.2 Å². The maximum atomic E-state index is 11.3. The van der Waals surface area contributed by atoms with Crippen molar-refractivity contribution < 1.29 is 9.59 Å². The number of fused-ring (bicyclic) bond motifs is 3. The molecular formula is C29H39NO2. The number of imide groups is 1. The zero-order valence-electron chi connectivity index (χ0n) is 19.7. The van der Waals surface area contributed by atoms with Gasteiger partial charge in [0.25, 0.3) is 0 Å². The van der Waals surface area contributed by atoms with Gasteiger partial charge in [-0.05, 0) is 35.1 Å². The van der Waals surface area contributed by atoms with Crippen LogP contribution in [0, 0.1) is 5.92 Å². The number of carbonyl (C=O) groups is 2. The molecule has 1 atom stereocenters. The average Bonchev–Trinajstić information content (AvgIpc) is 3.34. The molecule has 1 saturated heterocycles. The van der Waals surface area contributed by atoms with Crippen LogP contribution in [-0.4, -0.2) is 11.8 Å². The molecule has 172 valence electrons. The van der Waals surface area contributed by atoms with Crippen molar-refractivity contribution in [3.8, 4) is 11.1 Å². The van der Waals surface area contributed by atoms with Gasteiger partial charge in [0.2, 0.25) is 11.8 Å². The summed E-state index contributed by atoms with van der Waals surface area (Å²) in [6.07, 6.45) is 15.5. The van der Waals surface area contributed by atoms with Gasteiger partial charge < -0.3 is 0 Å². The molecule has 1 N–H and O–H groups in total. The summed E-state index contributed by atoms with van der Waals surface area (Å²) >= 11 is 0. The Balaban J connectivity index is 0.000000191. The van der Waals surface area contributed by atoms with E-state index in [0.29, 0.717) is 6.42 Å². The number of hydrogen-bond acceptors (Lipinski definition) is 2. The molecule has 0 aromatic heterocycles. The third kappa shape index (κ3) is 7.32. The van der Waals surface area contributed by atoms with Gasteiger partial charge in [0.1, 0.15) is 0 Å². The molecule has 0 saturated carbocycles. The molecule has 2 aliphatic rings. The van der Waals surface area contributed by atoms with Crippen molar-refractivity contribution in [3.05, 3.63) is 59.7 Å². The van der Waals surface area contributed by atoms with E-state index in [4.69, 9.17) is 0 Å². The van der Waals surface area contributed by atoms with Gasteiger partial charge in [-0.25, -0.2) is 0 Å². The number of amides is 2. The first-order chi connectivity index (χ1) is 15.7. The lowest BCUT2D eigenvalue weighted by molar-refractivity contribution is -0.125. The van der Waals surface area contributed by atoms with Crippen molar-refractivity contribution in [3.63, 3.8) is 0 Å². The second-order valence-corrected chi connectivity index (χ2v) is 9.28. The lowest BCUT2D eigenvalue weighted by atomic mass is 9.98. The van der Waals surface area contributed by atoms with Crippen LogP contribution < -0.4 is 5.32 Å². The number of nitrogens with one attached hydrogen (secondary N) is 1. The Morgan fingerprint density at radius 1 is 0.719 bits per heavy atom. The second-order valence-electron chi connectivity index (χ2n) is 9.28. The van der Waals surface area contributed by atoms with Crippen LogP contribution in [0.1, 0.15) is 95.1 Å². The monoisotopic (exact) mass is 433 g/mol. The largest absolute Gasteiger partial charge is 0.296 e. The summed E-state index contributed by atoms with van der Waals surface area (Å²) in [5.41, 5.74) is 5.75. The third-order valence-electron chi connectivity index (χ3n) is 6.68. The van der Waals surface area contributed by atoms with Gasteiger partial charge >= 0.3 is 0 Å². The molecule has 1 aliphatic carbocycles. The molecule has 1 unspecified atom stereocenters. The fraction of sp³-hybridized carbons (Fsp3) is 0.517. The molecule has 32 heavy (non-hydrogen) atoms. The minimum Gasteiger partial charge on any atom is -0.296 e. The highest BCUT2D eigenvalue weighted by atomic mass is 16.2. The molecule has 2 amide bonds. The maximum Gasteiger partial charge on any atom is 0.230 e. The highest BCUT2D eigenvalue weighted by Crippen LogP contribution is 2.35. The SMILES string of the molecule is CCCCCCCCCCCCC1CC(=O)NC1=O.c1ccc2c(c1)Cc1ccccc1-2. The van der Waals surface area contributed by atoms with Crippen molar-refractivity contribution in [1.29, 1.82) is 0 Å². The van der Waals surface area contributed by atoms with Crippen molar-refractivity contribution >= 4 is 11.8 Å². The predicted octanol–water partition coefficient (Wildman–Crippen LogP) is 7.22. The van der Waals surface area contributed by atoms with Crippen molar-refractivity contribution in [2.75, 3.05) is 0 Å². The van der Waals surface area contributed by atoms with Crippen LogP contribution in [0.15, 0.2) is 48.5 Å². The van der Waals surface area contributed by atoms with E-state index < -0.39 is 0 Å². The lowest BCUT2D eigenvalue weighted by Crippen LogP contribution is -2.21. The number of unbranched alkanes of at least 4 members (excludes halogenated alkanes) is 9. The van der Waals surface area contributed by atoms with E-state index >= 15 is 0 Å². The van der Waals surface area contributed by atoms with Crippen LogP contribution in [-0.2, 0) is 16.0 Å². The normalized spacial score (nSPS) is 16.2. The highest BCUT2D eigenvalue weighted by molar-refractivity contribution is 6.03. The van der Waals surface area contributed by atoms with Gasteiger partial charge in [-0.1, -0.05) is 120 Å². The third-order valence-corrected chi connectivity index (χ3v) is 6.68. The molecule has 2 aromatic carbocycles. The van der Waals surface area contributed by atoms with Gasteiger partial charge in [0.15, 0.2) is 0 Å². The summed E-state index contributed by atoms with van der Waals surface area (Å²) in [6, 6.07) is 17.3. The fourth-order valence-electron chi connectivity index (χ4n) is 4.80. The molecule has 3 heteroatoms. The van der Waals surface area contributed by atoms with E-state index in [0.717, 1.165) is 19.3 Å². The standard InChI is InChI=1S/C16H29NO2.C13H10/c1-2-3-4-5-6-7-8-9-10-11-12-14-13-15(18)17-16(14)19;1-3-7-12-10(5-1)9-11-6-2-4-8-13(11)12/h14H,2-13H2,1H3,(H,17,18,19);1-8H,9H2. The predicted molar refractivity (Wildman–Crippen MR) is 132 cm³/mol. The minimum atomic E-state index is -0.0953. The van der Waals surface area contributed by atoms with Gasteiger partial charge in [0.05, 0.1) is 0 Å². The summed E-state index contributed by atoms with van der Waals surface area (Å²) in [6.45, 7) is 2.25. The van der Waals surface area contributed by atoms with Crippen LogP contribution >= 0.6 is 0 Å². The van der Waals surface area contributed by atoms with Crippen molar-refractivity contribution in [2.24, 2.45) is 5.92 Å². The zero-order valence-corrected chi connectivity index (χ0v) is 19.7. The Morgan fingerprint density at radius 2 is 1.22 bits per heavy atom. The summed E-state index contributed by atoms with van der Waals surface area (Å²) in [5.74, 6) is -0.190. The summed E-state index contributed by atoms with van der Waals surface area (Å²) in [4.78, 5) is 22.4. The molecule has 1 heterocycles. The van der Waals surface area contributed by atoms with Gasteiger partial charge in [-0.15, -0.1) is 0 Å².